The average Bonchev–Trinajstić information content (AvgIpc) is 2.43. The Morgan fingerprint density at radius 3 is 2.65 bits per heavy atom. The summed E-state index contributed by atoms with van der Waals surface area (Å²) in [6, 6.07) is 6.06. The summed E-state index contributed by atoms with van der Waals surface area (Å²) in [7, 11) is 1.58. The third-order valence-corrected chi connectivity index (χ3v) is 2.59. The first-order valence-electron chi connectivity index (χ1n) is 6.75. The summed E-state index contributed by atoms with van der Waals surface area (Å²) in [6.45, 7) is 6.93. The molecule has 0 saturated carbocycles. The standard InChI is InChI=1S/C15H23NO4/c1-5-19-15(17)10-20-13-7-6-12(8-14(13)18-4)9-16-11(2)3/h6-8,11,16H,5,9-10H2,1-4H3. The predicted octanol–water partition coefficient (Wildman–Crippen LogP) is 2.14. The number of esters is 1. The van der Waals surface area contributed by atoms with Gasteiger partial charge in [0.2, 0.25) is 0 Å². The molecule has 0 amide bonds. The van der Waals surface area contributed by atoms with E-state index in [0.717, 1.165) is 12.1 Å². The number of methoxy groups -OCH3 is 1. The van der Waals surface area contributed by atoms with E-state index in [0.29, 0.717) is 24.1 Å². The number of rotatable bonds is 8. The van der Waals surface area contributed by atoms with Crippen molar-refractivity contribution in [2.24, 2.45) is 0 Å². The van der Waals surface area contributed by atoms with Crippen molar-refractivity contribution in [1.82, 2.24) is 5.32 Å². The highest BCUT2D eigenvalue weighted by Gasteiger charge is 2.09. The summed E-state index contributed by atoms with van der Waals surface area (Å²) in [5, 5.41) is 3.33. The molecule has 1 aromatic rings. The molecule has 1 N–H and O–H groups in total. The predicted molar refractivity (Wildman–Crippen MR) is 77.1 cm³/mol. The molecule has 0 aliphatic carbocycles. The molecule has 0 aromatic heterocycles. The zero-order valence-electron chi connectivity index (χ0n) is 12.6. The maximum atomic E-state index is 11.3. The van der Waals surface area contributed by atoms with Crippen molar-refractivity contribution in [3.05, 3.63) is 23.8 Å². The minimum Gasteiger partial charge on any atom is -0.493 e. The molecule has 0 aliphatic rings. The van der Waals surface area contributed by atoms with E-state index in [-0.39, 0.29) is 12.6 Å². The first kappa shape index (κ1) is 16.3. The van der Waals surface area contributed by atoms with Crippen LogP contribution in [0, 0.1) is 0 Å². The molecule has 112 valence electrons. The molecule has 1 aromatic carbocycles. The second kappa shape index (κ2) is 8.43. The number of carbonyl (C=O) groups excluding carboxylic acids is 1. The summed E-state index contributed by atoms with van der Waals surface area (Å²) in [6.07, 6.45) is 0. The van der Waals surface area contributed by atoms with Crippen LogP contribution in [0.5, 0.6) is 11.5 Å². The van der Waals surface area contributed by atoms with Gasteiger partial charge in [0.05, 0.1) is 13.7 Å². The van der Waals surface area contributed by atoms with Crippen LogP contribution in [0.3, 0.4) is 0 Å². The third kappa shape index (κ3) is 5.48. The molecule has 0 heterocycles. The van der Waals surface area contributed by atoms with Crippen LogP contribution in [0.25, 0.3) is 0 Å². The van der Waals surface area contributed by atoms with E-state index >= 15 is 0 Å². The Bertz CT molecular complexity index is 432. The first-order chi connectivity index (χ1) is 9.56. The maximum Gasteiger partial charge on any atom is 0.344 e. The fourth-order valence-corrected chi connectivity index (χ4v) is 1.60. The van der Waals surface area contributed by atoms with Crippen molar-refractivity contribution in [3.63, 3.8) is 0 Å². The lowest BCUT2D eigenvalue weighted by atomic mass is 10.2. The first-order valence-corrected chi connectivity index (χ1v) is 6.75. The molecule has 5 heteroatoms. The topological polar surface area (TPSA) is 56.8 Å². The van der Waals surface area contributed by atoms with Crippen molar-refractivity contribution >= 4 is 5.97 Å². The largest absolute Gasteiger partial charge is 0.493 e. The highest BCUT2D eigenvalue weighted by atomic mass is 16.6. The molecule has 0 atom stereocenters. The second-order valence-electron chi connectivity index (χ2n) is 4.61. The van der Waals surface area contributed by atoms with Crippen molar-refractivity contribution in [2.45, 2.75) is 33.4 Å². The number of hydrogen-bond donors (Lipinski definition) is 1. The molecule has 5 nitrogen and oxygen atoms in total. The average molecular weight is 281 g/mol. The van der Waals surface area contributed by atoms with Crippen LogP contribution in [-0.2, 0) is 16.1 Å². The number of nitrogens with one attached hydrogen (secondary N) is 1. The van der Waals surface area contributed by atoms with Gasteiger partial charge in [-0.3, -0.25) is 0 Å². The minimum atomic E-state index is -0.389. The van der Waals surface area contributed by atoms with Gasteiger partial charge in [-0.15, -0.1) is 0 Å². The molecular weight excluding hydrogens is 258 g/mol. The third-order valence-electron chi connectivity index (χ3n) is 2.59. The monoisotopic (exact) mass is 281 g/mol. The zero-order valence-corrected chi connectivity index (χ0v) is 12.6. The number of hydrogen-bond acceptors (Lipinski definition) is 5. The van der Waals surface area contributed by atoms with Crippen LogP contribution >= 0.6 is 0 Å². The molecular formula is C15H23NO4. The molecule has 0 spiro atoms. The fourth-order valence-electron chi connectivity index (χ4n) is 1.60. The Kier molecular flexibility index (Phi) is 6.87. The summed E-state index contributed by atoms with van der Waals surface area (Å²) in [5.74, 6) is 0.756. The number of benzene rings is 1. The lowest BCUT2D eigenvalue weighted by molar-refractivity contribution is -0.145. The van der Waals surface area contributed by atoms with E-state index in [2.05, 4.69) is 19.2 Å². The summed E-state index contributed by atoms with van der Waals surface area (Å²) < 4.78 is 15.5. The maximum absolute atomic E-state index is 11.3. The van der Waals surface area contributed by atoms with Crippen LogP contribution in [0.1, 0.15) is 26.3 Å². The molecule has 1 rings (SSSR count). The summed E-state index contributed by atoms with van der Waals surface area (Å²) in [4.78, 5) is 11.3. The molecule has 0 aliphatic heterocycles. The van der Waals surface area contributed by atoms with Crippen molar-refractivity contribution in [1.29, 1.82) is 0 Å². The van der Waals surface area contributed by atoms with Crippen molar-refractivity contribution in [3.8, 4) is 11.5 Å². The number of carbonyl (C=O) groups is 1. The van der Waals surface area contributed by atoms with Crippen LogP contribution < -0.4 is 14.8 Å². The summed E-state index contributed by atoms with van der Waals surface area (Å²) in [5.41, 5.74) is 1.10. The van der Waals surface area contributed by atoms with Crippen LogP contribution in [0.15, 0.2) is 18.2 Å². The molecule has 0 saturated heterocycles. The Labute approximate surface area is 120 Å². The van der Waals surface area contributed by atoms with E-state index < -0.39 is 0 Å². The highest BCUT2D eigenvalue weighted by molar-refractivity contribution is 5.71. The van der Waals surface area contributed by atoms with Gasteiger partial charge >= 0.3 is 5.97 Å². The lowest BCUT2D eigenvalue weighted by Crippen LogP contribution is -2.21. The molecule has 0 fully saturated rings. The lowest BCUT2D eigenvalue weighted by Gasteiger charge is -2.13. The molecule has 20 heavy (non-hydrogen) atoms. The van der Waals surface area contributed by atoms with Gasteiger partial charge in [-0.2, -0.15) is 0 Å². The molecule has 0 unspecified atom stereocenters. The SMILES string of the molecule is CCOC(=O)COc1ccc(CNC(C)C)cc1OC. The zero-order chi connectivity index (χ0) is 15.0. The van der Waals surface area contributed by atoms with Gasteiger partial charge in [-0.05, 0) is 24.6 Å². The van der Waals surface area contributed by atoms with E-state index in [1.807, 2.05) is 12.1 Å². The van der Waals surface area contributed by atoms with Gasteiger partial charge in [0.15, 0.2) is 18.1 Å². The van der Waals surface area contributed by atoms with Gasteiger partial charge in [0.1, 0.15) is 0 Å². The van der Waals surface area contributed by atoms with Crippen molar-refractivity contribution in [2.75, 3.05) is 20.3 Å². The number of ether oxygens (including phenoxy) is 3. The van der Waals surface area contributed by atoms with Gasteiger partial charge < -0.3 is 19.5 Å². The summed E-state index contributed by atoms with van der Waals surface area (Å²) >= 11 is 0. The Hall–Kier alpha value is -1.75. The van der Waals surface area contributed by atoms with E-state index in [9.17, 15) is 4.79 Å². The quantitative estimate of drug-likeness (QED) is 0.740. The Balaban J connectivity index is 2.65. The second-order valence-corrected chi connectivity index (χ2v) is 4.61. The van der Waals surface area contributed by atoms with Crippen molar-refractivity contribution < 1.29 is 19.0 Å². The van der Waals surface area contributed by atoms with Crippen LogP contribution in [-0.4, -0.2) is 32.3 Å². The highest BCUT2D eigenvalue weighted by Crippen LogP contribution is 2.28. The fraction of sp³-hybridized carbons (Fsp3) is 0.533. The van der Waals surface area contributed by atoms with Gasteiger partial charge in [0.25, 0.3) is 0 Å². The van der Waals surface area contributed by atoms with Gasteiger partial charge in [-0.1, -0.05) is 19.9 Å². The molecule has 0 bridgehead atoms. The normalized spacial score (nSPS) is 10.4. The van der Waals surface area contributed by atoms with Crippen LogP contribution in [0.4, 0.5) is 0 Å². The van der Waals surface area contributed by atoms with E-state index in [4.69, 9.17) is 14.2 Å². The Morgan fingerprint density at radius 1 is 1.30 bits per heavy atom. The minimum absolute atomic E-state index is 0.117. The Morgan fingerprint density at radius 2 is 2.05 bits per heavy atom. The van der Waals surface area contributed by atoms with Crippen LogP contribution in [0.2, 0.25) is 0 Å². The smallest absolute Gasteiger partial charge is 0.344 e. The van der Waals surface area contributed by atoms with Gasteiger partial charge in [-0.25, -0.2) is 4.79 Å². The van der Waals surface area contributed by atoms with E-state index in [1.165, 1.54) is 0 Å². The van der Waals surface area contributed by atoms with E-state index in [1.54, 1.807) is 20.1 Å². The van der Waals surface area contributed by atoms with Gasteiger partial charge in [0, 0.05) is 12.6 Å². The molecule has 0 radical (unpaired) electrons.